The SMILES string of the molecule is COc1ccc(N2CCN(c3csc4ccc(C)cc4c3=O)CC2)cc1. The van der Waals surface area contributed by atoms with E-state index in [-0.39, 0.29) is 5.43 Å². The van der Waals surface area contributed by atoms with Crippen LogP contribution in [0.1, 0.15) is 5.56 Å². The summed E-state index contributed by atoms with van der Waals surface area (Å²) in [5.74, 6) is 0.872. The molecule has 0 spiro atoms. The Morgan fingerprint density at radius 2 is 1.65 bits per heavy atom. The Morgan fingerprint density at radius 1 is 0.962 bits per heavy atom. The molecule has 26 heavy (non-hydrogen) atoms. The largest absolute Gasteiger partial charge is 0.497 e. The molecule has 4 rings (SSSR count). The monoisotopic (exact) mass is 366 g/mol. The normalized spacial score (nSPS) is 14.7. The molecule has 0 atom stereocenters. The maximum Gasteiger partial charge on any atom is 0.211 e. The van der Waals surface area contributed by atoms with Gasteiger partial charge < -0.3 is 14.5 Å². The molecular formula is C21H22N2O2S. The van der Waals surface area contributed by atoms with Crippen LogP contribution in [0.15, 0.2) is 52.6 Å². The molecule has 5 heteroatoms. The van der Waals surface area contributed by atoms with Crippen LogP contribution >= 0.6 is 11.3 Å². The molecule has 2 heterocycles. The molecule has 2 aromatic carbocycles. The van der Waals surface area contributed by atoms with E-state index in [0.717, 1.165) is 53.3 Å². The van der Waals surface area contributed by atoms with E-state index < -0.39 is 0 Å². The molecule has 0 N–H and O–H groups in total. The second-order valence-electron chi connectivity index (χ2n) is 6.62. The molecule has 0 unspecified atom stereocenters. The quantitative estimate of drug-likeness (QED) is 0.704. The molecule has 3 aromatic rings. The maximum absolute atomic E-state index is 12.9. The molecule has 1 aliphatic rings. The van der Waals surface area contributed by atoms with Crippen LogP contribution in [-0.4, -0.2) is 33.3 Å². The first-order valence-corrected chi connectivity index (χ1v) is 9.70. The van der Waals surface area contributed by atoms with Gasteiger partial charge in [-0.3, -0.25) is 4.79 Å². The van der Waals surface area contributed by atoms with Crippen LogP contribution in [0.25, 0.3) is 10.1 Å². The summed E-state index contributed by atoms with van der Waals surface area (Å²) < 4.78 is 6.28. The molecule has 1 aromatic heterocycles. The van der Waals surface area contributed by atoms with Gasteiger partial charge >= 0.3 is 0 Å². The summed E-state index contributed by atoms with van der Waals surface area (Å²) in [4.78, 5) is 17.5. The molecule has 0 saturated carbocycles. The van der Waals surface area contributed by atoms with E-state index in [9.17, 15) is 4.79 Å². The lowest BCUT2D eigenvalue weighted by molar-refractivity contribution is 0.415. The predicted molar refractivity (Wildman–Crippen MR) is 110 cm³/mol. The highest BCUT2D eigenvalue weighted by molar-refractivity contribution is 7.16. The van der Waals surface area contributed by atoms with Crippen molar-refractivity contribution in [1.82, 2.24) is 0 Å². The first kappa shape index (κ1) is 16.9. The zero-order chi connectivity index (χ0) is 18.1. The van der Waals surface area contributed by atoms with Crippen molar-refractivity contribution in [3.63, 3.8) is 0 Å². The number of piperazine rings is 1. The van der Waals surface area contributed by atoms with E-state index in [1.54, 1.807) is 18.4 Å². The van der Waals surface area contributed by atoms with Crippen LogP contribution in [0.2, 0.25) is 0 Å². The molecule has 0 radical (unpaired) electrons. The van der Waals surface area contributed by atoms with Crippen molar-refractivity contribution in [3.8, 4) is 5.75 Å². The number of rotatable bonds is 3. The van der Waals surface area contributed by atoms with Gasteiger partial charge in [-0.15, -0.1) is 11.3 Å². The molecule has 0 aliphatic carbocycles. The van der Waals surface area contributed by atoms with E-state index in [2.05, 4.69) is 28.0 Å². The fourth-order valence-electron chi connectivity index (χ4n) is 3.45. The average Bonchev–Trinajstić information content (AvgIpc) is 2.69. The van der Waals surface area contributed by atoms with Gasteiger partial charge in [0.15, 0.2) is 0 Å². The van der Waals surface area contributed by atoms with Crippen LogP contribution < -0.4 is 20.0 Å². The van der Waals surface area contributed by atoms with Crippen molar-refractivity contribution in [3.05, 3.63) is 63.6 Å². The zero-order valence-corrected chi connectivity index (χ0v) is 15.9. The fraction of sp³-hybridized carbons (Fsp3) is 0.286. The molecule has 1 fully saturated rings. The maximum atomic E-state index is 12.9. The zero-order valence-electron chi connectivity index (χ0n) is 15.1. The molecule has 1 saturated heterocycles. The summed E-state index contributed by atoms with van der Waals surface area (Å²) >= 11 is 1.65. The van der Waals surface area contributed by atoms with Crippen molar-refractivity contribution >= 4 is 32.8 Å². The Bertz CT molecular complexity index is 973. The highest BCUT2D eigenvalue weighted by atomic mass is 32.1. The number of fused-ring (bicyclic) bond motifs is 1. The number of anilines is 2. The van der Waals surface area contributed by atoms with Gasteiger partial charge in [-0.2, -0.15) is 0 Å². The molecule has 0 bridgehead atoms. The van der Waals surface area contributed by atoms with Gasteiger partial charge in [0, 0.05) is 47.3 Å². The van der Waals surface area contributed by atoms with Crippen LogP contribution in [0.5, 0.6) is 5.75 Å². The third kappa shape index (κ3) is 3.15. The first-order chi connectivity index (χ1) is 12.7. The number of hydrogen-bond donors (Lipinski definition) is 0. The first-order valence-electron chi connectivity index (χ1n) is 8.82. The van der Waals surface area contributed by atoms with Crippen LogP contribution in [0.4, 0.5) is 11.4 Å². The van der Waals surface area contributed by atoms with Gasteiger partial charge in [-0.1, -0.05) is 11.6 Å². The third-order valence-corrected chi connectivity index (χ3v) is 5.92. The smallest absolute Gasteiger partial charge is 0.211 e. The highest BCUT2D eigenvalue weighted by Crippen LogP contribution is 2.25. The lowest BCUT2D eigenvalue weighted by Crippen LogP contribution is -2.47. The number of methoxy groups -OCH3 is 1. The van der Waals surface area contributed by atoms with Crippen LogP contribution in [0.3, 0.4) is 0 Å². The molecule has 0 amide bonds. The van der Waals surface area contributed by atoms with Crippen molar-refractivity contribution in [2.75, 3.05) is 43.1 Å². The highest BCUT2D eigenvalue weighted by Gasteiger charge is 2.20. The predicted octanol–water partition coefficient (Wildman–Crippen LogP) is 3.91. The Balaban J connectivity index is 1.53. The minimum atomic E-state index is 0.153. The minimum absolute atomic E-state index is 0.153. The molecular weight excluding hydrogens is 344 g/mol. The van der Waals surface area contributed by atoms with E-state index >= 15 is 0 Å². The molecule has 4 nitrogen and oxygen atoms in total. The number of nitrogens with zero attached hydrogens (tertiary/aromatic N) is 2. The van der Waals surface area contributed by atoms with Gasteiger partial charge in [0.25, 0.3) is 0 Å². The van der Waals surface area contributed by atoms with Crippen molar-refractivity contribution in [1.29, 1.82) is 0 Å². The second-order valence-corrected chi connectivity index (χ2v) is 7.53. The summed E-state index contributed by atoms with van der Waals surface area (Å²) in [6.07, 6.45) is 0. The van der Waals surface area contributed by atoms with Gasteiger partial charge in [0.1, 0.15) is 5.75 Å². The van der Waals surface area contributed by atoms with E-state index in [1.807, 2.05) is 36.6 Å². The van der Waals surface area contributed by atoms with Crippen molar-refractivity contribution in [2.24, 2.45) is 0 Å². The van der Waals surface area contributed by atoms with Crippen LogP contribution in [-0.2, 0) is 0 Å². The number of hydrogen-bond acceptors (Lipinski definition) is 5. The average molecular weight is 366 g/mol. The van der Waals surface area contributed by atoms with Gasteiger partial charge in [-0.05, 0) is 43.3 Å². The fourth-order valence-corrected chi connectivity index (χ4v) is 4.37. The lowest BCUT2D eigenvalue weighted by atomic mass is 10.1. The minimum Gasteiger partial charge on any atom is -0.497 e. The molecule has 1 aliphatic heterocycles. The second kappa shape index (κ2) is 7.00. The topological polar surface area (TPSA) is 32.8 Å². The van der Waals surface area contributed by atoms with Gasteiger partial charge in [0.05, 0.1) is 12.8 Å². The van der Waals surface area contributed by atoms with E-state index in [4.69, 9.17) is 4.74 Å². The van der Waals surface area contributed by atoms with Crippen LogP contribution in [0, 0.1) is 6.92 Å². The summed E-state index contributed by atoms with van der Waals surface area (Å²) in [5.41, 5.74) is 3.32. The van der Waals surface area contributed by atoms with Crippen molar-refractivity contribution < 1.29 is 4.74 Å². The Labute approximate surface area is 157 Å². The van der Waals surface area contributed by atoms with Gasteiger partial charge in [-0.25, -0.2) is 0 Å². The third-order valence-electron chi connectivity index (χ3n) is 4.97. The Hall–Kier alpha value is -2.53. The number of aryl methyl sites for hydroxylation is 1. The summed E-state index contributed by atoms with van der Waals surface area (Å²) in [6, 6.07) is 14.3. The Kier molecular flexibility index (Phi) is 4.55. The van der Waals surface area contributed by atoms with E-state index in [0.29, 0.717) is 0 Å². The lowest BCUT2D eigenvalue weighted by Gasteiger charge is -2.37. The summed E-state index contributed by atoms with van der Waals surface area (Å²) in [5, 5.41) is 2.85. The molecule has 134 valence electrons. The van der Waals surface area contributed by atoms with Gasteiger partial charge in [0.2, 0.25) is 5.43 Å². The summed E-state index contributed by atoms with van der Waals surface area (Å²) in [7, 11) is 1.68. The van der Waals surface area contributed by atoms with Crippen molar-refractivity contribution in [2.45, 2.75) is 6.92 Å². The Morgan fingerprint density at radius 3 is 2.35 bits per heavy atom. The summed E-state index contributed by atoms with van der Waals surface area (Å²) in [6.45, 7) is 5.55. The van der Waals surface area contributed by atoms with E-state index in [1.165, 1.54) is 5.69 Å². The number of ether oxygens (including phenoxy) is 1. The number of benzene rings is 2. The standard InChI is InChI=1S/C21H22N2O2S/c1-15-3-8-20-18(13-15)21(24)19(14-26-20)23-11-9-22(10-12-23)16-4-6-17(25-2)7-5-16/h3-8,13-14H,9-12H2,1-2H3.